The maximum absolute atomic E-state index is 9.34. The smallest absolute Gasteiger partial charge is 0.302 e. The minimum Gasteiger partial charge on any atom is -0.302 e. The van der Waals surface area contributed by atoms with Crippen molar-refractivity contribution in [2.75, 3.05) is 0 Å². The molecule has 0 atom stereocenters. The third-order valence-corrected chi connectivity index (χ3v) is 0.809. The largest absolute Gasteiger partial charge is 0.486 e. The summed E-state index contributed by atoms with van der Waals surface area (Å²) in [7, 11) is -4.38. The maximum Gasteiger partial charge on any atom is 0.486 e. The van der Waals surface area contributed by atoms with Crippen LogP contribution < -0.4 is 0 Å². The van der Waals surface area contributed by atoms with Gasteiger partial charge in [-0.05, 0) is 0 Å². The summed E-state index contributed by atoms with van der Waals surface area (Å²) in [4.78, 5) is 15.2. The molecule has 7 heteroatoms. The minimum absolute atomic E-state index is 0. The average molecular weight is 271 g/mol. The van der Waals surface area contributed by atoms with Gasteiger partial charge in [0.2, 0.25) is 0 Å². The van der Waals surface area contributed by atoms with Crippen LogP contribution in [-0.4, -0.2) is 9.79 Å². The summed E-state index contributed by atoms with van der Waals surface area (Å²) < 4.78 is 12.4. The summed E-state index contributed by atoms with van der Waals surface area (Å²) in [6, 6.07) is 0. The molecule has 0 aliphatic rings. The number of hydrogen-bond donors (Lipinski definition) is 2. The Balaban J connectivity index is 0. The van der Waals surface area contributed by atoms with E-state index in [1.807, 2.05) is 0 Å². The van der Waals surface area contributed by atoms with E-state index in [0.717, 1.165) is 0 Å². The molecule has 0 saturated carbocycles. The van der Waals surface area contributed by atoms with Crippen molar-refractivity contribution in [1.29, 1.82) is 0 Å². The number of halogens is 1. The van der Waals surface area contributed by atoms with Crippen LogP contribution in [0.15, 0.2) is 0 Å². The number of hydrogen-bond acceptors (Lipinski definition) is 2. The standard InChI is InChI=1S/ClH2O4P.La/c1-5-6(2,3)4;/h(H2,2,3,4);. The van der Waals surface area contributed by atoms with E-state index in [4.69, 9.17) is 9.79 Å². The molecule has 0 fully saturated rings. The molecule has 0 saturated heterocycles. The van der Waals surface area contributed by atoms with Gasteiger partial charge in [-0.3, -0.25) is 0 Å². The van der Waals surface area contributed by atoms with Gasteiger partial charge in [-0.2, -0.15) is 4.08 Å². The number of rotatable bonds is 1. The van der Waals surface area contributed by atoms with Crippen LogP contribution in [0, 0.1) is 35.6 Å². The van der Waals surface area contributed by atoms with Crippen molar-refractivity contribution in [3.05, 3.63) is 0 Å². The Morgan fingerprint density at radius 2 is 1.71 bits per heavy atom. The van der Waals surface area contributed by atoms with Crippen molar-refractivity contribution in [3.63, 3.8) is 0 Å². The second kappa shape index (κ2) is 4.47. The molecule has 0 unspecified atom stereocenters. The Bertz CT molecular complexity index is 75.8. The van der Waals surface area contributed by atoms with Crippen LogP contribution in [-0.2, 0) is 8.64 Å². The van der Waals surface area contributed by atoms with Gasteiger partial charge in [0.25, 0.3) is 0 Å². The van der Waals surface area contributed by atoms with Crippen LogP contribution in [0.5, 0.6) is 0 Å². The molecule has 0 aliphatic carbocycles. The summed E-state index contributed by atoms with van der Waals surface area (Å²) in [5.74, 6) is 0. The SMILES string of the molecule is O=P(O)(O)OCl.[La]. The Morgan fingerprint density at radius 1 is 1.57 bits per heavy atom. The third-order valence-electron chi connectivity index (χ3n) is 0.0899. The molecule has 0 aromatic heterocycles. The zero-order chi connectivity index (χ0) is 5.21. The van der Waals surface area contributed by atoms with Gasteiger partial charge >= 0.3 is 7.82 Å². The average Bonchev–Trinajstić information content (AvgIpc) is 1.35. The molecule has 0 spiro atoms. The van der Waals surface area contributed by atoms with Crippen molar-refractivity contribution >= 4 is 19.7 Å². The maximum atomic E-state index is 9.34. The van der Waals surface area contributed by atoms with Gasteiger partial charge < -0.3 is 9.79 Å². The predicted octanol–water partition coefficient (Wildman–Crippen LogP) is 0.249. The molecule has 0 bridgehead atoms. The first-order valence-electron chi connectivity index (χ1n) is 0.919. The molecule has 0 rings (SSSR count). The zero-order valence-electron chi connectivity index (χ0n) is 3.11. The molecule has 0 aliphatic heterocycles. The fourth-order valence-electron chi connectivity index (χ4n) is 0. The van der Waals surface area contributed by atoms with Crippen molar-refractivity contribution < 1.29 is 54.0 Å². The Kier molecular flexibility index (Phi) is 7.28. The van der Waals surface area contributed by atoms with Crippen LogP contribution in [0.3, 0.4) is 0 Å². The molecule has 0 aromatic carbocycles. The fourth-order valence-corrected chi connectivity index (χ4v) is 0. The molecule has 1 radical (unpaired) electrons. The quantitative estimate of drug-likeness (QED) is 0.671. The van der Waals surface area contributed by atoms with Gasteiger partial charge in [0.15, 0.2) is 0 Å². The molecule has 4 nitrogen and oxygen atoms in total. The molecule has 0 heterocycles. The molecule has 0 aromatic rings. The fraction of sp³-hybridized carbons (Fsp3) is 0. The number of phosphoric acid groups is 1. The summed E-state index contributed by atoms with van der Waals surface area (Å²) in [6.45, 7) is 0. The summed E-state index contributed by atoms with van der Waals surface area (Å²) >= 11 is 4.21. The zero-order valence-corrected chi connectivity index (χ0v) is 8.39. The van der Waals surface area contributed by atoms with Gasteiger partial charge in [-0.15, -0.1) is 0 Å². The Labute approximate surface area is 73.2 Å². The second-order valence-corrected chi connectivity index (χ2v) is 2.09. The van der Waals surface area contributed by atoms with E-state index in [-0.39, 0.29) is 35.6 Å². The molecule has 7 heavy (non-hydrogen) atoms. The third kappa shape index (κ3) is 11.3. The van der Waals surface area contributed by atoms with Crippen LogP contribution in [0.1, 0.15) is 0 Å². The van der Waals surface area contributed by atoms with E-state index in [9.17, 15) is 4.57 Å². The van der Waals surface area contributed by atoms with E-state index < -0.39 is 7.82 Å². The molecule has 2 N–H and O–H groups in total. The first kappa shape index (κ1) is 11.4. The monoisotopic (exact) mass is 271 g/mol. The van der Waals surface area contributed by atoms with Gasteiger partial charge in [-0.25, -0.2) is 4.57 Å². The van der Waals surface area contributed by atoms with Crippen molar-refractivity contribution in [3.8, 4) is 0 Å². The molecule has 0 amide bonds. The van der Waals surface area contributed by atoms with Crippen molar-refractivity contribution in [2.45, 2.75) is 0 Å². The second-order valence-electron chi connectivity index (χ2n) is 0.560. The Morgan fingerprint density at radius 3 is 1.71 bits per heavy atom. The van der Waals surface area contributed by atoms with Crippen LogP contribution >= 0.6 is 19.7 Å². The molecule has 41 valence electrons. The van der Waals surface area contributed by atoms with Gasteiger partial charge in [0.05, 0.1) is 11.9 Å². The van der Waals surface area contributed by atoms with E-state index in [0.29, 0.717) is 0 Å². The van der Waals surface area contributed by atoms with E-state index >= 15 is 0 Å². The summed E-state index contributed by atoms with van der Waals surface area (Å²) in [5, 5.41) is 0. The first-order valence-corrected chi connectivity index (χ1v) is 2.76. The van der Waals surface area contributed by atoms with Crippen molar-refractivity contribution in [2.24, 2.45) is 0 Å². The normalized spacial score (nSPS) is 10.1. The Hall–Kier alpha value is 1.59. The van der Waals surface area contributed by atoms with Crippen molar-refractivity contribution in [1.82, 2.24) is 0 Å². The van der Waals surface area contributed by atoms with Gasteiger partial charge in [0.1, 0.15) is 0 Å². The predicted molar refractivity (Wildman–Crippen MR) is 19.0 cm³/mol. The molecular weight excluding hydrogens is 269 g/mol. The van der Waals surface area contributed by atoms with Crippen LogP contribution in [0.4, 0.5) is 0 Å². The topological polar surface area (TPSA) is 66.8 Å². The van der Waals surface area contributed by atoms with Gasteiger partial charge in [-0.1, -0.05) is 0 Å². The first-order chi connectivity index (χ1) is 2.56. The van der Waals surface area contributed by atoms with E-state index in [1.54, 1.807) is 0 Å². The summed E-state index contributed by atoms with van der Waals surface area (Å²) in [6.07, 6.45) is 0. The van der Waals surface area contributed by atoms with E-state index in [1.165, 1.54) is 0 Å². The van der Waals surface area contributed by atoms with Crippen LogP contribution in [0.2, 0.25) is 0 Å². The summed E-state index contributed by atoms with van der Waals surface area (Å²) in [5.41, 5.74) is 0. The van der Waals surface area contributed by atoms with Crippen LogP contribution in [0.25, 0.3) is 0 Å². The van der Waals surface area contributed by atoms with Gasteiger partial charge in [0, 0.05) is 35.6 Å². The minimum atomic E-state index is -4.38. The molecular formula is H2ClLaO4P. The van der Waals surface area contributed by atoms with E-state index in [2.05, 4.69) is 15.9 Å².